The molecule has 0 unspecified atom stereocenters. The quantitative estimate of drug-likeness (QED) is 0.388. The van der Waals surface area contributed by atoms with E-state index < -0.39 is 0 Å². The standard InChI is InChI=1S/C25H19NO/c26-24-13-3-4-14-25(24)27-19-9-5-8-17(15-19)21-11-6-12-22-20-10-2-1-7-18(20)16-23(21)22/h1-15H,16,26H2. The summed E-state index contributed by atoms with van der Waals surface area (Å²) in [5.74, 6) is 1.47. The van der Waals surface area contributed by atoms with Gasteiger partial charge in [-0.1, -0.05) is 66.7 Å². The minimum Gasteiger partial charge on any atom is -0.455 e. The molecule has 4 aromatic rings. The van der Waals surface area contributed by atoms with E-state index in [4.69, 9.17) is 10.5 Å². The number of fused-ring (bicyclic) bond motifs is 3. The van der Waals surface area contributed by atoms with Crippen molar-refractivity contribution in [1.82, 2.24) is 0 Å². The zero-order valence-electron chi connectivity index (χ0n) is 14.9. The van der Waals surface area contributed by atoms with Crippen LogP contribution in [-0.2, 0) is 6.42 Å². The first-order chi connectivity index (χ1) is 13.3. The Morgan fingerprint density at radius 1 is 0.667 bits per heavy atom. The Morgan fingerprint density at radius 2 is 1.41 bits per heavy atom. The number of para-hydroxylation sites is 2. The Bertz CT molecular complexity index is 1150. The number of nitrogens with two attached hydrogens (primary N) is 1. The molecule has 0 aromatic heterocycles. The van der Waals surface area contributed by atoms with Gasteiger partial charge in [0, 0.05) is 0 Å². The number of hydrogen-bond acceptors (Lipinski definition) is 2. The molecule has 4 aromatic carbocycles. The summed E-state index contributed by atoms with van der Waals surface area (Å²) in [5.41, 5.74) is 14.5. The molecule has 2 N–H and O–H groups in total. The molecular formula is C25H19NO. The lowest BCUT2D eigenvalue weighted by Gasteiger charge is -2.12. The topological polar surface area (TPSA) is 35.2 Å². The molecular weight excluding hydrogens is 330 g/mol. The van der Waals surface area contributed by atoms with Crippen molar-refractivity contribution >= 4 is 5.69 Å². The van der Waals surface area contributed by atoms with Crippen LogP contribution >= 0.6 is 0 Å². The van der Waals surface area contributed by atoms with Crippen molar-refractivity contribution in [1.29, 1.82) is 0 Å². The first-order valence-corrected chi connectivity index (χ1v) is 9.12. The van der Waals surface area contributed by atoms with Gasteiger partial charge >= 0.3 is 0 Å². The number of ether oxygens (including phenoxy) is 1. The van der Waals surface area contributed by atoms with Crippen LogP contribution in [0, 0.1) is 0 Å². The molecule has 0 amide bonds. The SMILES string of the molecule is Nc1ccccc1Oc1cccc(-c2cccc3c2Cc2ccccc2-3)c1. The van der Waals surface area contributed by atoms with Crippen LogP contribution in [0.2, 0.25) is 0 Å². The zero-order valence-corrected chi connectivity index (χ0v) is 14.9. The van der Waals surface area contributed by atoms with Crippen molar-refractivity contribution < 1.29 is 4.74 Å². The minimum atomic E-state index is 0.638. The van der Waals surface area contributed by atoms with E-state index in [2.05, 4.69) is 54.6 Å². The van der Waals surface area contributed by atoms with Gasteiger partial charge in [0.05, 0.1) is 5.69 Å². The molecule has 0 aliphatic heterocycles. The van der Waals surface area contributed by atoms with E-state index in [0.29, 0.717) is 11.4 Å². The van der Waals surface area contributed by atoms with E-state index in [9.17, 15) is 0 Å². The molecule has 1 aliphatic carbocycles. The molecule has 0 bridgehead atoms. The van der Waals surface area contributed by atoms with E-state index in [-0.39, 0.29) is 0 Å². The van der Waals surface area contributed by atoms with Gasteiger partial charge in [0.15, 0.2) is 0 Å². The molecule has 0 radical (unpaired) electrons. The third-order valence-corrected chi connectivity index (χ3v) is 5.14. The summed E-state index contributed by atoms with van der Waals surface area (Å²) in [5, 5.41) is 0. The maximum atomic E-state index is 6.03. The van der Waals surface area contributed by atoms with E-state index >= 15 is 0 Å². The molecule has 130 valence electrons. The fourth-order valence-electron chi connectivity index (χ4n) is 3.86. The lowest BCUT2D eigenvalue weighted by atomic mass is 9.95. The van der Waals surface area contributed by atoms with Crippen LogP contribution in [0.3, 0.4) is 0 Å². The van der Waals surface area contributed by atoms with Crippen LogP contribution in [0.25, 0.3) is 22.3 Å². The van der Waals surface area contributed by atoms with Crippen molar-refractivity contribution in [3.05, 3.63) is 102 Å². The van der Waals surface area contributed by atoms with Gasteiger partial charge in [-0.15, -0.1) is 0 Å². The average Bonchev–Trinajstić information content (AvgIpc) is 3.09. The summed E-state index contributed by atoms with van der Waals surface area (Å²) in [7, 11) is 0. The zero-order chi connectivity index (χ0) is 18.2. The fourth-order valence-corrected chi connectivity index (χ4v) is 3.86. The number of benzene rings is 4. The molecule has 2 nitrogen and oxygen atoms in total. The predicted octanol–water partition coefficient (Wildman–Crippen LogP) is 6.30. The second kappa shape index (κ2) is 6.33. The van der Waals surface area contributed by atoms with Crippen molar-refractivity contribution in [2.75, 3.05) is 5.73 Å². The molecule has 0 heterocycles. The van der Waals surface area contributed by atoms with Crippen molar-refractivity contribution in [3.8, 4) is 33.8 Å². The summed E-state index contributed by atoms with van der Waals surface area (Å²) in [4.78, 5) is 0. The second-order valence-corrected chi connectivity index (χ2v) is 6.83. The van der Waals surface area contributed by atoms with Crippen LogP contribution in [0.5, 0.6) is 11.5 Å². The molecule has 0 fully saturated rings. The fraction of sp³-hybridized carbons (Fsp3) is 0.0400. The highest BCUT2D eigenvalue weighted by Crippen LogP contribution is 2.42. The van der Waals surface area contributed by atoms with Crippen LogP contribution in [0.1, 0.15) is 11.1 Å². The van der Waals surface area contributed by atoms with E-state index in [1.807, 2.05) is 36.4 Å². The summed E-state index contributed by atoms with van der Waals surface area (Å²) >= 11 is 0. The highest BCUT2D eigenvalue weighted by Gasteiger charge is 2.21. The number of anilines is 1. The maximum Gasteiger partial charge on any atom is 0.150 e. The molecule has 0 atom stereocenters. The Morgan fingerprint density at radius 3 is 2.33 bits per heavy atom. The van der Waals surface area contributed by atoms with Crippen LogP contribution in [-0.4, -0.2) is 0 Å². The monoisotopic (exact) mass is 349 g/mol. The van der Waals surface area contributed by atoms with E-state index in [1.54, 1.807) is 0 Å². The van der Waals surface area contributed by atoms with E-state index in [1.165, 1.54) is 27.8 Å². The first-order valence-electron chi connectivity index (χ1n) is 9.12. The van der Waals surface area contributed by atoms with Crippen LogP contribution in [0.15, 0.2) is 91.0 Å². The van der Waals surface area contributed by atoms with Gasteiger partial charge < -0.3 is 10.5 Å². The van der Waals surface area contributed by atoms with Gasteiger partial charge in [0.25, 0.3) is 0 Å². The van der Waals surface area contributed by atoms with Crippen LogP contribution in [0.4, 0.5) is 5.69 Å². The maximum absolute atomic E-state index is 6.03. The molecule has 0 saturated carbocycles. The minimum absolute atomic E-state index is 0.638. The Balaban J connectivity index is 1.55. The highest BCUT2D eigenvalue weighted by atomic mass is 16.5. The average molecular weight is 349 g/mol. The largest absolute Gasteiger partial charge is 0.455 e. The normalized spacial score (nSPS) is 11.7. The Kier molecular flexibility index (Phi) is 3.68. The third-order valence-electron chi connectivity index (χ3n) is 5.14. The molecule has 27 heavy (non-hydrogen) atoms. The van der Waals surface area contributed by atoms with Gasteiger partial charge in [-0.3, -0.25) is 0 Å². The number of nitrogen functional groups attached to an aromatic ring is 1. The summed E-state index contributed by atoms with van der Waals surface area (Å²) in [6.07, 6.45) is 0.971. The molecule has 5 rings (SSSR count). The lowest BCUT2D eigenvalue weighted by Crippen LogP contribution is -1.92. The second-order valence-electron chi connectivity index (χ2n) is 6.83. The molecule has 0 saturated heterocycles. The van der Waals surface area contributed by atoms with Crippen molar-refractivity contribution in [2.24, 2.45) is 0 Å². The smallest absolute Gasteiger partial charge is 0.150 e. The van der Waals surface area contributed by atoms with Crippen LogP contribution < -0.4 is 10.5 Å². The van der Waals surface area contributed by atoms with E-state index in [0.717, 1.165) is 17.7 Å². The molecule has 0 spiro atoms. The van der Waals surface area contributed by atoms with Gasteiger partial charge in [-0.05, 0) is 64.1 Å². The Labute approximate surface area is 158 Å². The van der Waals surface area contributed by atoms with Gasteiger partial charge in [0.1, 0.15) is 11.5 Å². The summed E-state index contributed by atoms with van der Waals surface area (Å²) < 4.78 is 6.03. The molecule has 2 heteroatoms. The molecule has 1 aliphatic rings. The van der Waals surface area contributed by atoms with Crippen molar-refractivity contribution in [2.45, 2.75) is 6.42 Å². The lowest BCUT2D eigenvalue weighted by molar-refractivity contribution is 0.485. The number of rotatable bonds is 3. The Hall–Kier alpha value is -3.52. The van der Waals surface area contributed by atoms with Gasteiger partial charge in [-0.25, -0.2) is 0 Å². The first kappa shape index (κ1) is 15.7. The number of hydrogen-bond donors (Lipinski definition) is 1. The van der Waals surface area contributed by atoms with Gasteiger partial charge in [-0.2, -0.15) is 0 Å². The predicted molar refractivity (Wildman–Crippen MR) is 111 cm³/mol. The summed E-state index contributed by atoms with van der Waals surface area (Å²) in [6.45, 7) is 0. The summed E-state index contributed by atoms with van der Waals surface area (Å²) in [6, 6.07) is 31.0. The highest BCUT2D eigenvalue weighted by molar-refractivity contribution is 5.85. The van der Waals surface area contributed by atoms with Crippen molar-refractivity contribution in [3.63, 3.8) is 0 Å². The third kappa shape index (κ3) is 2.76. The van der Waals surface area contributed by atoms with Gasteiger partial charge in [0.2, 0.25) is 0 Å².